The molecule has 0 bridgehead atoms. The zero-order valence-corrected chi connectivity index (χ0v) is 14.4. The lowest BCUT2D eigenvalue weighted by atomic mass is 10.1. The van der Waals surface area contributed by atoms with Crippen LogP contribution in [0, 0.1) is 0 Å². The molecule has 1 aliphatic rings. The van der Waals surface area contributed by atoms with Crippen molar-refractivity contribution in [3.05, 3.63) is 30.6 Å². The summed E-state index contributed by atoms with van der Waals surface area (Å²) in [6.45, 7) is 0. The average molecular weight is 349 g/mol. The van der Waals surface area contributed by atoms with Gasteiger partial charge in [-0.05, 0) is 47.9 Å². The number of amides is 1. The minimum atomic E-state index is 0.0623. The predicted octanol–water partition coefficient (Wildman–Crippen LogP) is 3.31. The van der Waals surface area contributed by atoms with Gasteiger partial charge in [-0.3, -0.25) is 4.79 Å². The fourth-order valence-corrected chi connectivity index (χ4v) is 5.48. The van der Waals surface area contributed by atoms with E-state index in [0.717, 1.165) is 29.5 Å². The molecule has 1 amide bonds. The zero-order valence-electron chi connectivity index (χ0n) is 12.7. The molecule has 2 aromatic rings. The van der Waals surface area contributed by atoms with Crippen LogP contribution < -0.4 is 5.32 Å². The number of anilines is 1. The van der Waals surface area contributed by atoms with Crippen molar-refractivity contribution in [3.8, 4) is 5.69 Å². The average Bonchev–Trinajstić information content (AvgIpc) is 3.25. The number of benzene rings is 1. The third-order valence-electron chi connectivity index (χ3n) is 3.65. The predicted molar refractivity (Wildman–Crippen MR) is 94.7 cm³/mol. The topological polar surface area (TPSA) is 72.7 Å². The van der Waals surface area contributed by atoms with Crippen LogP contribution in [-0.2, 0) is 4.79 Å². The molecule has 6 nitrogen and oxygen atoms in total. The first-order valence-electron chi connectivity index (χ1n) is 7.73. The summed E-state index contributed by atoms with van der Waals surface area (Å²) in [6.07, 6.45) is 6.70. The van der Waals surface area contributed by atoms with Crippen LogP contribution in [0.2, 0.25) is 0 Å². The Morgan fingerprint density at radius 2 is 2.35 bits per heavy atom. The summed E-state index contributed by atoms with van der Waals surface area (Å²) in [7, 11) is 3.97. The van der Waals surface area contributed by atoms with E-state index in [0.29, 0.717) is 6.42 Å². The molecule has 1 N–H and O–H groups in total. The third kappa shape index (κ3) is 4.97. The van der Waals surface area contributed by atoms with Crippen molar-refractivity contribution < 1.29 is 4.79 Å². The Hall–Kier alpha value is -1.54. The molecule has 1 aromatic carbocycles. The Labute approximate surface area is 143 Å². The SMILES string of the molecule is O=C(CCCCC1CCSS1)Nc1cccc(-n2cnnn2)c1. The summed E-state index contributed by atoms with van der Waals surface area (Å²) >= 11 is 0. The van der Waals surface area contributed by atoms with Gasteiger partial charge in [-0.25, -0.2) is 4.68 Å². The van der Waals surface area contributed by atoms with Crippen LogP contribution >= 0.6 is 21.6 Å². The second-order valence-corrected chi connectivity index (χ2v) is 8.22. The Morgan fingerprint density at radius 3 is 3.13 bits per heavy atom. The molecule has 23 heavy (non-hydrogen) atoms. The van der Waals surface area contributed by atoms with Gasteiger partial charge in [0.1, 0.15) is 6.33 Å². The number of hydrogen-bond donors (Lipinski definition) is 1. The maximum atomic E-state index is 12.0. The van der Waals surface area contributed by atoms with Crippen molar-refractivity contribution in [2.24, 2.45) is 0 Å². The smallest absolute Gasteiger partial charge is 0.224 e. The quantitative estimate of drug-likeness (QED) is 0.611. The largest absolute Gasteiger partial charge is 0.326 e. The van der Waals surface area contributed by atoms with Gasteiger partial charge < -0.3 is 5.32 Å². The minimum absolute atomic E-state index is 0.0623. The van der Waals surface area contributed by atoms with E-state index in [1.807, 2.05) is 45.9 Å². The molecule has 1 aromatic heterocycles. The van der Waals surface area contributed by atoms with Gasteiger partial charge in [0.15, 0.2) is 0 Å². The monoisotopic (exact) mass is 349 g/mol. The highest BCUT2D eigenvalue weighted by Crippen LogP contribution is 2.39. The van der Waals surface area contributed by atoms with Crippen molar-refractivity contribution in [1.29, 1.82) is 0 Å². The van der Waals surface area contributed by atoms with Gasteiger partial charge in [0.05, 0.1) is 5.69 Å². The van der Waals surface area contributed by atoms with Crippen molar-refractivity contribution in [3.63, 3.8) is 0 Å². The Morgan fingerprint density at radius 1 is 1.39 bits per heavy atom. The number of carbonyl (C=O) groups excluding carboxylic acids is 1. The highest BCUT2D eigenvalue weighted by molar-refractivity contribution is 8.77. The molecule has 0 saturated carbocycles. The number of aromatic nitrogens is 4. The Bertz CT molecular complexity index is 629. The first-order chi connectivity index (χ1) is 11.3. The number of unbranched alkanes of at least 4 members (excludes halogenated alkanes) is 1. The Balaban J connectivity index is 1.43. The van der Waals surface area contributed by atoms with Crippen molar-refractivity contribution in [2.45, 2.75) is 37.4 Å². The molecule has 8 heteroatoms. The second-order valence-electron chi connectivity index (χ2n) is 5.43. The molecule has 3 rings (SSSR count). The lowest BCUT2D eigenvalue weighted by molar-refractivity contribution is -0.116. The standard InChI is InChI=1S/C15H19N5OS2/c21-15(7-2-1-6-14-8-9-22-23-14)17-12-4-3-5-13(10-12)20-11-16-18-19-20/h3-5,10-11,14H,1-2,6-9H2,(H,17,21). The van der Waals surface area contributed by atoms with E-state index in [2.05, 4.69) is 20.8 Å². The van der Waals surface area contributed by atoms with Crippen LogP contribution in [-0.4, -0.2) is 37.1 Å². The van der Waals surface area contributed by atoms with Crippen LogP contribution in [0.1, 0.15) is 32.1 Å². The summed E-state index contributed by atoms with van der Waals surface area (Å²) in [4.78, 5) is 12.0. The summed E-state index contributed by atoms with van der Waals surface area (Å²) in [5.41, 5.74) is 1.59. The lowest BCUT2D eigenvalue weighted by Gasteiger charge is -2.08. The van der Waals surface area contributed by atoms with Crippen molar-refractivity contribution in [1.82, 2.24) is 20.2 Å². The van der Waals surface area contributed by atoms with Crippen molar-refractivity contribution in [2.75, 3.05) is 11.1 Å². The molecule has 1 aliphatic heterocycles. The molecule has 0 aliphatic carbocycles. The molecule has 0 radical (unpaired) electrons. The highest BCUT2D eigenvalue weighted by atomic mass is 33.1. The molecule has 1 saturated heterocycles. The lowest BCUT2D eigenvalue weighted by Crippen LogP contribution is -2.11. The van der Waals surface area contributed by atoms with E-state index in [1.54, 1.807) is 4.68 Å². The van der Waals surface area contributed by atoms with E-state index in [9.17, 15) is 4.79 Å². The third-order valence-corrected chi connectivity index (χ3v) is 6.66. The summed E-state index contributed by atoms with van der Waals surface area (Å²) < 4.78 is 1.56. The normalized spacial score (nSPS) is 17.3. The maximum absolute atomic E-state index is 12.0. The maximum Gasteiger partial charge on any atom is 0.224 e. The number of nitrogens with one attached hydrogen (secondary N) is 1. The van der Waals surface area contributed by atoms with E-state index in [4.69, 9.17) is 0 Å². The van der Waals surface area contributed by atoms with Crippen molar-refractivity contribution >= 4 is 33.2 Å². The molecule has 0 spiro atoms. The fourth-order valence-electron chi connectivity index (χ4n) is 2.45. The van der Waals surface area contributed by atoms with Gasteiger partial charge in [-0.15, -0.1) is 5.10 Å². The zero-order chi connectivity index (χ0) is 15.9. The van der Waals surface area contributed by atoms with Crippen LogP contribution in [0.25, 0.3) is 5.69 Å². The molecule has 2 heterocycles. The first-order valence-corrected chi connectivity index (χ1v) is 10.1. The molecule has 122 valence electrons. The molecular formula is C15H19N5OS2. The summed E-state index contributed by atoms with van der Waals surface area (Å²) in [5, 5.41) is 14.8. The highest BCUT2D eigenvalue weighted by Gasteiger charge is 2.15. The summed E-state index contributed by atoms with van der Waals surface area (Å²) in [5.74, 6) is 1.33. The number of tetrazole rings is 1. The second kappa shape index (κ2) is 8.35. The van der Waals surface area contributed by atoms with Gasteiger partial charge in [-0.2, -0.15) is 0 Å². The van der Waals surface area contributed by atoms with E-state index in [1.165, 1.54) is 24.9 Å². The van der Waals surface area contributed by atoms with Gasteiger partial charge in [-0.1, -0.05) is 34.1 Å². The molecule has 1 atom stereocenters. The van der Waals surface area contributed by atoms with Gasteiger partial charge >= 0.3 is 0 Å². The minimum Gasteiger partial charge on any atom is -0.326 e. The fraction of sp³-hybridized carbons (Fsp3) is 0.467. The van der Waals surface area contributed by atoms with Crippen LogP contribution in [0.4, 0.5) is 5.69 Å². The summed E-state index contributed by atoms with van der Waals surface area (Å²) in [6, 6.07) is 7.50. The number of hydrogen-bond acceptors (Lipinski definition) is 6. The van der Waals surface area contributed by atoms with Crippen LogP contribution in [0.3, 0.4) is 0 Å². The molecule has 1 fully saturated rings. The van der Waals surface area contributed by atoms with Gasteiger partial charge in [0.2, 0.25) is 5.91 Å². The Kier molecular flexibility index (Phi) is 5.93. The van der Waals surface area contributed by atoms with Crippen LogP contribution in [0.5, 0.6) is 0 Å². The number of nitrogens with zero attached hydrogens (tertiary/aromatic N) is 4. The molecule has 1 unspecified atom stereocenters. The number of rotatable bonds is 7. The van der Waals surface area contributed by atoms with E-state index >= 15 is 0 Å². The molecular weight excluding hydrogens is 330 g/mol. The number of carbonyl (C=O) groups is 1. The van der Waals surface area contributed by atoms with Crippen LogP contribution in [0.15, 0.2) is 30.6 Å². The van der Waals surface area contributed by atoms with Gasteiger partial charge in [0.25, 0.3) is 0 Å². The van der Waals surface area contributed by atoms with E-state index < -0.39 is 0 Å². The first kappa shape index (κ1) is 16.3. The van der Waals surface area contributed by atoms with E-state index in [-0.39, 0.29) is 5.91 Å². The van der Waals surface area contributed by atoms with Gasteiger partial charge in [0, 0.05) is 23.1 Å².